The summed E-state index contributed by atoms with van der Waals surface area (Å²) in [7, 11) is 3.45. The van der Waals surface area contributed by atoms with E-state index in [-0.39, 0.29) is 59.4 Å². The minimum Gasteiger partial charge on any atom is -0.342 e. The summed E-state index contributed by atoms with van der Waals surface area (Å²) in [5.41, 5.74) is 1.32. The van der Waals surface area contributed by atoms with Gasteiger partial charge in [0, 0.05) is 64.2 Å². The second kappa shape index (κ2) is 28.6. The Balaban J connectivity index is 1.34. The van der Waals surface area contributed by atoms with Crippen LogP contribution in [-0.2, 0) is 28.8 Å². The van der Waals surface area contributed by atoms with Gasteiger partial charge in [-0.25, -0.2) is 0 Å². The Kier molecular flexibility index (Phi) is 23.7. The molecule has 14 heteroatoms. The molecule has 2 aromatic rings. The van der Waals surface area contributed by atoms with Gasteiger partial charge < -0.3 is 40.9 Å². The average molecular weight is 999 g/mol. The SMILES string of the molecule is CN[C@@H](C)C(=O)N[C@H](C(=O)N1CCC[C@@H]1CN(C[C@@H](C)c1ccccc1)C(=O)CCCCCCCCC(=O)N(C[C@@H]1CCCN1C(=O)[C@@H](NC(=O)[C@H](C)NC)C(C)(C)C)C[C@@H](C)c1ccccc1)C(C)(C)C. The molecule has 0 aromatic heterocycles. The highest BCUT2D eigenvalue weighted by Gasteiger charge is 2.42. The van der Waals surface area contributed by atoms with Crippen LogP contribution in [0.2, 0.25) is 0 Å². The highest BCUT2D eigenvalue weighted by atomic mass is 16.2. The molecule has 2 aromatic carbocycles. The molecule has 0 aliphatic carbocycles. The van der Waals surface area contributed by atoms with E-state index in [1.165, 1.54) is 11.1 Å². The van der Waals surface area contributed by atoms with Crippen LogP contribution in [-0.4, -0.2) is 145 Å². The van der Waals surface area contributed by atoms with E-state index >= 15 is 0 Å². The number of benzene rings is 2. The van der Waals surface area contributed by atoms with E-state index < -0.39 is 35.0 Å². The van der Waals surface area contributed by atoms with Crippen LogP contribution in [0.1, 0.15) is 169 Å². The van der Waals surface area contributed by atoms with Crippen molar-refractivity contribution in [2.45, 2.75) is 194 Å². The quantitative estimate of drug-likeness (QED) is 0.0665. The number of nitrogens with zero attached hydrogens (tertiary/aromatic N) is 4. The number of unbranched alkanes of at least 4 members (excludes halogenated alkanes) is 5. The molecule has 2 fully saturated rings. The summed E-state index contributed by atoms with van der Waals surface area (Å²) in [5.74, 6) is -0.211. The van der Waals surface area contributed by atoms with Crippen LogP contribution in [0, 0.1) is 10.8 Å². The number of carbonyl (C=O) groups is 6. The zero-order valence-corrected chi connectivity index (χ0v) is 46.4. The third-order valence-corrected chi connectivity index (χ3v) is 15.1. The lowest BCUT2D eigenvalue weighted by atomic mass is 9.85. The molecule has 0 unspecified atom stereocenters. The molecule has 0 spiro atoms. The lowest BCUT2D eigenvalue weighted by molar-refractivity contribution is -0.142. The van der Waals surface area contributed by atoms with Crippen molar-refractivity contribution in [3.63, 3.8) is 0 Å². The molecule has 0 radical (unpaired) electrons. The fraction of sp³-hybridized carbons (Fsp3) is 0.690. The van der Waals surface area contributed by atoms with E-state index in [1.54, 1.807) is 27.9 Å². The van der Waals surface area contributed by atoms with Gasteiger partial charge in [-0.15, -0.1) is 0 Å². The normalized spacial score (nSPS) is 18.7. The van der Waals surface area contributed by atoms with Crippen LogP contribution >= 0.6 is 0 Å². The number of carbonyl (C=O) groups excluding carboxylic acids is 6. The van der Waals surface area contributed by atoms with Crippen molar-refractivity contribution in [3.8, 4) is 0 Å². The number of nitrogens with one attached hydrogen (secondary N) is 4. The standard InChI is InChI=1S/C58H94N8O6/c1-41(45-27-19-17-20-28-45)37-63(39-47-31-25-35-65(47)55(71)51(57(5,6)7)61-53(69)43(3)59-11)49(67)33-23-15-13-14-16-24-34-50(68)64(38-42(2)46-29-21-18-22-30-46)40-48-32-26-36-66(48)56(72)52(58(8,9)10)62-54(70)44(4)60-12/h17-22,27-30,41-44,47-48,51-52,59-60H,13-16,23-26,31-40H2,1-12H3,(H,61,69)(H,62,70)/t41-,42-,43+,44+,47-,48+,51-,52-/m1/s1. The zero-order chi connectivity index (χ0) is 53.2. The van der Waals surface area contributed by atoms with Crippen molar-refractivity contribution in [2.24, 2.45) is 10.8 Å². The van der Waals surface area contributed by atoms with Gasteiger partial charge in [0.05, 0.1) is 12.1 Å². The Bertz CT molecular complexity index is 1880. The van der Waals surface area contributed by atoms with Crippen LogP contribution in [0.25, 0.3) is 0 Å². The predicted octanol–water partition coefficient (Wildman–Crippen LogP) is 7.63. The van der Waals surface area contributed by atoms with E-state index in [4.69, 9.17) is 0 Å². The summed E-state index contributed by atoms with van der Waals surface area (Å²) >= 11 is 0. The molecule has 2 saturated heterocycles. The van der Waals surface area contributed by atoms with Gasteiger partial charge in [-0.1, -0.05) is 142 Å². The van der Waals surface area contributed by atoms with Crippen LogP contribution in [0.15, 0.2) is 60.7 Å². The fourth-order valence-corrected chi connectivity index (χ4v) is 10.1. The summed E-state index contributed by atoms with van der Waals surface area (Å²) in [4.78, 5) is 90.7. The van der Waals surface area contributed by atoms with Crippen LogP contribution in [0.5, 0.6) is 0 Å². The Morgan fingerprint density at radius 3 is 1.19 bits per heavy atom. The number of rotatable bonds is 27. The second-order valence-corrected chi connectivity index (χ2v) is 23.1. The molecule has 6 amide bonds. The molecule has 4 rings (SSSR count). The van der Waals surface area contributed by atoms with E-state index in [9.17, 15) is 28.8 Å². The zero-order valence-electron chi connectivity index (χ0n) is 46.4. The van der Waals surface area contributed by atoms with Crippen LogP contribution in [0.4, 0.5) is 0 Å². The maximum absolute atomic E-state index is 14.3. The molecular formula is C58H94N8O6. The van der Waals surface area contributed by atoms with E-state index in [2.05, 4.69) is 59.4 Å². The second-order valence-electron chi connectivity index (χ2n) is 23.1. The van der Waals surface area contributed by atoms with Crippen molar-refractivity contribution in [1.82, 2.24) is 40.9 Å². The molecule has 14 nitrogen and oxygen atoms in total. The highest BCUT2D eigenvalue weighted by molar-refractivity contribution is 5.91. The topological polar surface area (TPSA) is 163 Å². The monoisotopic (exact) mass is 999 g/mol. The molecule has 0 saturated carbocycles. The molecule has 4 N–H and O–H groups in total. The first-order valence-electron chi connectivity index (χ1n) is 27.3. The van der Waals surface area contributed by atoms with Crippen molar-refractivity contribution in [3.05, 3.63) is 71.8 Å². The first kappa shape index (κ1) is 59.7. The van der Waals surface area contributed by atoms with Gasteiger partial charge in [0.2, 0.25) is 35.4 Å². The minimum absolute atomic E-state index is 0.0958. The first-order valence-corrected chi connectivity index (χ1v) is 27.3. The number of likely N-dealkylation sites (N-methyl/N-ethyl adjacent to an activating group) is 2. The van der Waals surface area contributed by atoms with E-state index in [0.29, 0.717) is 52.1 Å². The molecule has 0 bridgehead atoms. The number of likely N-dealkylation sites (tertiary alicyclic amines) is 2. The molecule has 2 aliphatic rings. The number of hydrogen-bond acceptors (Lipinski definition) is 8. The molecule has 72 heavy (non-hydrogen) atoms. The lowest BCUT2D eigenvalue weighted by Gasteiger charge is -2.38. The average Bonchev–Trinajstić information content (AvgIpc) is 4.03. The van der Waals surface area contributed by atoms with E-state index in [1.807, 2.05) is 97.5 Å². The van der Waals surface area contributed by atoms with Gasteiger partial charge in [-0.2, -0.15) is 0 Å². The first-order chi connectivity index (χ1) is 34.1. The Morgan fingerprint density at radius 1 is 0.542 bits per heavy atom. The maximum Gasteiger partial charge on any atom is 0.246 e. The smallest absolute Gasteiger partial charge is 0.246 e. The van der Waals surface area contributed by atoms with Gasteiger partial charge in [-0.05, 0) is 100 Å². The van der Waals surface area contributed by atoms with Gasteiger partial charge >= 0.3 is 0 Å². The van der Waals surface area contributed by atoms with Crippen molar-refractivity contribution in [1.29, 1.82) is 0 Å². The molecular weight excluding hydrogens is 905 g/mol. The third kappa shape index (κ3) is 18.0. The van der Waals surface area contributed by atoms with E-state index in [0.717, 1.165) is 64.2 Å². The molecule has 8 atom stereocenters. The Hall–Kier alpha value is -4.82. The largest absolute Gasteiger partial charge is 0.342 e. The fourth-order valence-electron chi connectivity index (χ4n) is 10.1. The van der Waals surface area contributed by atoms with Crippen LogP contribution in [0.3, 0.4) is 0 Å². The van der Waals surface area contributed by atoms with Crippen molar-refractivity contribution >= 4 is 35.4 Å². The molecule has 2 heterocycles. The maximum atomic E-state index is 14.3. The van der Waals surface area contributed by atoms with Gasteiger partial charge in [0.15, 0.2) is 0 Å². The van der Waals surface area contributed by atoms with Gasteiger partial charge in [-0.3, -0.25) is 28.8 Å². The van der Waals surface area contributed by atoms with Gasteiger partial charge in [0.1, 0.15) is 12.1 Å². The third-order valence-electron chi connectivity index (χ3n) is 15.1. The summed E-state index contributed by atoms with van der Waals surface area (Å²) in [6, 6.07) is 18.0. The predicted molar refractivity (Wildman–Crippen MR) is 289 cm³/mol. The summed E-state index contributed by atoms with van der Waals surface area (Å²) in [5, 5.41) is 12.0. The van der Waals surface area contributed by atoms with Crippen LogP contribution < -0.4 is 21.3 Å². The highest BCUT2D eigenvalue weighted by Crippen LogP contribution is 2.30. The lowest BCUT2D eigenvalue weighted by Crippen LogP contribution is -2.59. The molecule has 2 aliphatic heterocycles. The summed E-state index contributed by atoms with van der Waals surface area (Å²) in [6.07, 6.45) is 9.41. The summed E-state index contributed by atoms with van der Waals surface area (Å²) < 4.78 is 0. The van der Waals surface area contributed by atoms with Crippen molar-refractivity contribution < 1.29 is 28.8 Å². The molecule has 402 valence electrons. The summed E-state index contributed by atoms with van der Waals surface area (Å²) in [6.45, 7) is 22.9. The minimum atomic E-state index is -0.698. The number of amides is 6. The Labute approximate surface area is 433 Å². The van der Waals surface area contributed by atoms with Gasteiger partial charge in [0.25, 0.3) is 0 Å². The Morgan fingerprint density at radius 2 is 0.875 bits per heavy atom. The van der Waals surface area contributed by atoms with Crippen molar-refractivity contribution in [2.75, 3.05) is 53.4 Å². The number of hydrogen-bond donors (Lipinski definition) is 4.